The summed E-state index contributed by atoms with van der Waals surface area (Å²) in [5, 5.41) is 11.3. The van der Waals surface area contributed by atoms with Crippen LogP contribution in [0.2, 0.25) is 0 Å². The molecule has 2 heterocycles. The summed E-state index contributed by atoms with van der Waals surface area (Å²) in [6, 6.07) is 11.2. The molecule has 9 nitrogen and oxygen atoms in total. The molecular weight excluding hydrogens is 464 g/mol. The second-order valence-electron chi connectivity index (χ2n) is 8.52. The first-order valence-electron chi connectivity index (χ1n) is 12.0. The van der Waals surface area contributed by atoms with Crippen LogP contribution in [0, 0.1) is 0 Å². The molecule has 0 saturated carbocycles. The lowest BCUT2D eigenvalue weighted by Crippen LogP contribution is -2.42. The van der Waals surface area contributed by atoms with Crippen LogP contribution in [0.5, 0.6) is 17.2 Å². The van der Waals surface area contributed by atoms with E-state index in [2.05, 4.69) is 4.90 Å². The monoisotopic (exact) mass is 496 g/mol. The Kier molecular flexibility index (Phi) is 8.12. The number of methoxy groups -OCH3 is 2. The minimum Gasteiger partial charge on any atom is -0.507 e. The number of nitrogens with zero attached hydrogens (tertiary/aromatic N) is 2. The third-order valence-electron chi connectivity index (χ3n) is 6.47. The van der Waals surface area contributed by atoms with E-state index in [4.69, 9.17) is 18.9 Å². The van der Waals surface area contributed by atoms with E-state index in [9.17, 15) is 14.7 Å². The highest BCUT2D eigenvalue weighted by Crippen LogP contribution is 2.42. The molecule has 0 aliphatic carbocycles. The Labute approximate surface area is 210 Å². The van der Waals surface area contributed by atoms with E-state index in [0.717, 1.165) is 13.1 Å². The summed E-state index contributed by atoms with van der Waals surface area (Å²) in [6.45, 7) is 6.04. The quantitative estimate of drug-likeness (QED) is 0.322. The number of Topliss-reactive ketones (excluding diaryl/α,β-unsaturated/α-hetero) is 1. The first kappa shape index (κ1) is 25.5. The maximum Gasteiger partial charge on any atom is 0.295 e. The van der Waals surface area contributed by atoms with Gasteiger partial charge in [0.05, 0.1) is 45.7 Å². The smallest absolute Gasteiger partial charge is 0.295 e. The molecule has 1 unspecified atom stereocenters. The normalized spacial score (nSPS) is 20.0. The van der Waals surface area contributed by atoms with E-state index in [1.54, 1.807) is 49.6 Å². The number of carbonyl (C=O) groups is 2. The van der Waals surface area contributed by atoms with E-state index in [0.29, 0.717) is 61.3 Å². The fourth-order valence-electron chi connectivity index (χ4n) is 4.56. The number of morpholine rings is 1. The van der Waals surface area contributed by atoms with Crippen LogP contribution in [0.15, 0.2) is 48.0 Å². The highest BCUT2D eigenvalue weighted by molar-refractivity contribution is 6.46. The van der Waals surface area contributed by atoms with E-state index in [1.165, 1.54) is 12.0 Å². The van der Waals surface area contributed by atoms with Crippen LogP contribution in [-0.2, 0) is 14.3 Å². The molecule has 2 aliphatic rings. The number of benzene rings is 2. The number of rotatable bonds is 9. The Hall–Kier alpha value is -3.56. The zero-order valence-electron chi connectivity index (χ0n) is 20.9. The minimum atomic E-state index is -0.780. The second-order valence-corrected chi connectivity index (χ2v) is 8.52. The molecule has 2 saturated heterocycles. The Morgan fingerprint density at radius 2 is 1.72 bits per heavy atom. The fourth-order valence-corrected chi connectivity index (χ4v) is 4.56. The van der Waals surface area contributed by atoms with Gasteiger partial charge in [-0.2, -0.15) is 0 Å². The van der Waals surface area contributed by atoms with Gasteiger partial charge in [0.2, 0.25) is 0 Å². The molecule has 1 amide bonds. The number of ketones is 1. The molecule has 2 fully saturated rings. The van der Waals surface area contributed by atoms with Crippen LogP contribution in [-0.4, -0.2) is 86.8 Å². The summed E-state index contributed by atoms with van der Waals surface area (Å²) < 4.78 is 21.8. The van der Waals surface area contributed by atoms with Crippen LogP contribution in [0.3, 0.4) is 0 Å². The first-order chi connectivity index (χ1) is 17.5. The molecule has 2 aromatic carbocycles. The van der Waals surface area contributed by atoms with Crippen molar-refractivity contribution in [2.24, 2.45) is 0 Å². The molecule has 9 heteroatoms. The van der Waals surface area contributed by atoms with Crippen molar-refractivity contribution in [3.05, 3.63) is 59.2 Å². The van der Waals surface area contributed by atoms with Gasteiger partial charge in [-0.25, -0.2) is 0 Å². The average Bonchev–Trinajstić information content (AvgIpc) is 3.17. The van der Waals surface area contributed by atoms with Crippen molar-refractivity contribution in [2.75, 3.05) is 60.2 Å². The SMILES string of the molecule is CCOc1ccc(C2/C(=C(\O)c3ccc(OC)cc3)C(=O)C(=O)N2CCN2CCOCC2)cc1OC. The van der Waals surface area contributed by atoms with Crippen molar-refractivity contribution in [2.45, 2.75) is 13.0 Å². The molecular formula is C27H32N2O7. The predicted molar refractivity (Wildman–Crippen MR) is 133 cm³/mol. The van der Waals surface area contributed by atoms with E-state index < -0.39 is 17.7 Å². The largest absolute Gasteiger partial charge is 0.507 e. The maximum absolute atomic E-state index is 13.3. The van der Waals surface area contributed by atoms with Crippen LogP contribution in [0.4, 0.5) is 0 Å². The second kappa shape index (κ2) is 11.5. The van der Waals surface area contributed by atoms with Crippen LogP contribution in [0.25, 0.3) is 5.76 Å². The summed E-state index contributed by atoms with van der Waals surface area (Å²) in [7, 11) is 3.09. The highest BCUT2D eigenvalue weighted by Gasteiger charge is 2.46. The van der Waals surface area contributed by atoms with Gasteiger partial charge in [0.15, 0.2) is 11.5 Å². The molecule has 1 N–H and O–H groups in total. The van der Waals surface area contributed by atoms with E-state index >= 15 is 0 Å². The lowest BCUT2D eigenvalue weighted by atomic mass is 9.95. The summed E-state index contributed by atoms with van der Waals surface area (Å²) >= 11 is 0. The van der Waals surface area contributed by atoms with Crippen molar-refractivity contribution in [3.8, 4) is 17.2 Å². The number of hydrogen-bond acceptors (Lipinski definition) is 8. The Morgan fingerprint density at radius 1 is 1.00 bits per heavy atom. The van der Waals surface area contributed by atoms with Gasteiger partial charge in [-0.3, -0.25) is 14.5 Å². The van der Waals surface area contributed by atoms with E-state index in [-0.39, 0.29) is 11.3 Å². The van der Waals surface area contributed by atoms with Crippen LogP contribution < -0.4 is 14.2 Å². The van der Waals surface area contributed by atoms with Crippen molar-refractivity contribution in [1.82, 2.24) is 9.80 Å². The van der Waals surface area contributed by atoms with Gasteiger partial charge in [-0.15, -0.1) is 0 Å². The van der Waals surface area contributed by atoms with Gasteiger partial charge < -0.3 is 29.0 Å². The molecule has 36 heavy (non-hydrogen) atoms. The Morgan fingerprint density at radius 3 is 2.36 bits per heavy atom. The molecule has 0 aromatic heterocycles. The standard InChI is InChI=1S/C27H32N2O7/c1-4-36-21-10-7-19(17-22(21)34-3)24-23(25(30)18-5-8-20(33-2)9-6-18)26(31)27(32)29(24)12-11-28-13-15-35-16-14-28/h5-10,17,24,30H,4,11-16H2,1-3H3/b25-23+. The van der Waals surface area contributed by atoms with Crippen LogP contribution >= 0.6 is 0 Å². The number of carbonyl (C=O) groups excluding carboxylic acids is 2. The van der Waals surface area contributed by atoms with Crippen molar-refractivity contribution >= 4 is 17.4 Å². The topological polar surface area (TPSA) is 97.8 Å². The summed E-state index contributed by atoms with van der Waals surface area (Å²) in [5.74, 6) is 0.0640. The minimum absolute atomic E-state index is 0.0401. The Balaban J connectivity index is 1.76. The molecule has 0 radical (unpaired) electrons. The molecule has 1 atom stereocenters. The van der Waals surface area contributed by atoms with Gasteiger partial charge in [-0.1, -0.05) is 6.07 Å². The number of ether oxygens (including phenoxy) is 4. The van der Waals surface area contributed by atoms with Crippen molar-refractivity contribution < 1.29 is 33.6 Å². The van der Waals surface area contributed by atoms with Gasteiger partial charge in [0, 0.05) is 31.7 Å². The third-order valence-corrected chi connectivity index (χ3v) is 6.47. The molecule has 2 aliphatic heterocycles. The number of aliphatic hydroxyl groups is 1. The molecule has 0 bridgehead atoms. The number of amides is 1. The summed E-state index contributed by atoms with van der Waals surface area (Å²) in [4.78, 5) is 30.3. The summed E-state index contributed by atoms with van der Waals surface area (Å²) in [6.07, 6.45) is 0. The Bertz CT molecular complexity index is 1120. The van der Waals surface area contributed by atoms with Crippen molar-refractivity contribution in [3.63, 3.8) is 0 Å². The van der Waals surface area contributed by atoms with Crippen LogP contribution in [0.1, 0.15) is 24.1 Å². The zero-order valence-corrected chi connectivity index (χ0v) is 20.9. The third kappa shape index (κ3) is 5.17. The average molecular weight is 497 g/mol. The van der Waals surface area contributed by atoms with Crippen molar-refractivity contribution in [1.29, 1.82) is 0 Å². The summed E-state index contributed by atoms with van der Waals surface area (Å²) in [5.41, 5.74) is 1.11. The molecule has 192 valence electrons. The maximum atomic E-state index is 13.3. The lowest BCUT2D eigenvalue weighted by molar-refractivity contribution is -0.140. The van der Waals surface area contributed by atoms with Gasteiger partial charge in [0.25, 0.3) is 11.7 Å². The highest BCUT2D eigenvalue weighted by atomic mass is 16.5. The number of hydrogen-bond donors (Lipinski definition) is 1. The van der Waals surface area contributed by atoms with Gasteiger partial charge in [0.1, 0.15) is 11.5 Å². The number of likely N-dealkylation sites (tertiary alicyclic amines) is 1. The van der Waals surface area contributed by atoms with Gasteiger partial charge >= 0.3 is 0 Å². The van der Waals surface area contributed by atoms with Gasteiger partial charge in [-0.05, 0) is 48.9 Å². The fraction of sp³-hybridized carbons (Fsp3) is 0.407. The number of aliphatic hydroxyl groups excluding tert-OH is 1. The molecule has 0 spiro atoms. The van der Waals surface area contributed by atoms with E-state index in [1.807, 2.05) is 6.92 Å². The molecule has 4 rings (SSSR count). The zero-order chi connectivity index (χ0) is 25.7. The molecule has 2 aromatic rings. The lowest BCUT2D eigenvalue weighted by Gasteiger charge is -2.31. The predicted octanol–water partition coefficient (Wildman–Crippen LogP) is 2.86. The first-order valence-corrected chi connectivity index (χ1v) is 12.0.